The average Bonchev–Trinajstić information content (AvgIpc) is 3.47. The third kappa shape index (κ3) is 4.84. The van der Waals surface area contributed by atoms with Crippen molar-refractivity contribution < 1.29 is 14.3 Å². The molecule has 0 aliphatic heterocycles. The molecule has 0 spiro atoms. The standard InChI is InChI=1S/C22H20N2O3S/c25-20(23-17-10-8-16(9-11-17)22(26)15-6-7-15)12-18-14-28-21(24-18)13-27-19-4-2-1-3-5-19/h1-5,8-11,14-15H,6-7,12-13H2,(H,23,25). The van der Waals surface area contributed by atoms with Gasteiger partial charge in [-0.25, -0.2) is 4.98 Å². The van der Waals surface area contributed by atoms with Crippen LogP contribution in [0.1, 0.15) is 33.9 Å². The number of hydrogen-bond acceptors (Lipinski definition) is 5. The summed E-state index contributed by atoms with van der Waals surface area (Å²) < 4.78 is 5.68. The Labute approximate surface area is 167 Å². The van der Waals surface area contributed by atoms with E-state index in [1.54, 1.807) is 24.3 Å². The van der Waals surface area contributed by atoms with E-state index in [4.69, 9.17) is 4.74 Å². The van der Waals surface area contributed by atoms with E-state index in [-0.39, 0.29) is 24.0 Å². The van der Waals surface area contributed by atoms with Crippen LogP contribution in [0.25, 0.3) is 0 Å². The number of amides is 1. The van der Waals surface area contributed by atoms with Crippen LogP contribution in [0, 0.1) is 5.92 Å². The predicted octanol–water partition coefficient (Wildman–Crippen LogP) is 4.50. The van der Waals surface area contributed by atoms with Crippen LogP contribution in [0.3, 0.4) is 0 Å². The summed E-state index contributed by atoms with van der Waals surface area (Å²) in [5.41, 5.74) is 2.11. The molecular weight excluding hydrogens is 372 g/mol. The maximum absolute atomic E-state index is 12.3. The molecule has 6 heteroatoms. The van der Waals surface area contributed by atoms with Crippen molar-refractivity contribution >= 4 is 28.7 Å². The molecule has 1 heterocycles. The summed E-state index contributed by atoms with van der Waals surface area (Å²) in [6, 6.07) is 16.7. The molecule has 1 saturated carbocycles. The summed E-state index contributed by atoms with van der Waals surface area (Å²) in [7, 11) is 0. The van der Waals surface area contributed by atoms with Crippen molar-refractivity contribution in [2.24, 2.45) is 5.92 Å². The smallest absolute Gasteiger partial charge is 0.230 e. The number of rotatable bonds is 8. The summed E-state index contributed by atoms with van der Waals surface area (Å²) in [6.45, 7) is 0.382. The van der Waals surface area contributed by atoms with E-state index in [0.717, 1.165) is 29.3 Å². The number of ketones is 1. The van der Waals surface area contributed by atoms with Gasteiger partial charge in [0.25, 0.3) is 0 Å². The fraction of sp³-hybridized carbons (Fsp3) is 0.227. The summed E-state index contributed by atoms with van der Waals surface area (Å²) >= 11 is 1.48. The number of hydrogen-bond donors (Lipinski definition) is 1. The van der Waals surface area contributed by atoms with Gasteiger partial charge in [-0.1, -0.05) is 18.2 Å². The van der Waals surface area contributed by atoms with E-state index in [1.165, 1.54) is 11.3 Å². The van der Waals surface area contributed by atoms with Crippen LogP contribution in [-0.4, -0.2) is 16.7 Å². The molecule has 1 aliphatic rings. The second-order valence-corrected chi connectivity index (χ2v) is 7.72. The lowest BCUT2D eigenvalue weighted by molar-refractivity contribution is -0.115. The van der Waals surface area contributed by atoms with Gasteiger partial charge in [0.1, 0.15) is 17.4 Å². The highest BCUT2D eigenvalue weighted by Crippen LogP contribution is 2.32. The van der Waals surface area contributed by atoms with E-state index < -0.39 is 0 Å². The van der Waals surface area contributed by atoms with Crippen LogP contribution in [-0.2, 0) is 17.8 Å². The molecule has 1 aliphatic carbocycles. The quantitative estimate of drug-likeness (QED) is 0.573. The first-order valence-corrected chi connectivity index (χ1v) is 10.1. The van der Waals surface area contributed by atoms with E-state index in [0.29, 0.717) is 17.9 Å². The lowest BCUT2D eigenvalue weighted by Gasteiger charge is -2.05. The largest absolute Gasteiger partial charge is 0.486 e. The molecule has 5 nitrogen and oxygen atoms in total. The Bertz CT molecular complexity index is 963. The lowest BCUT2D eigenvalue weighted by atomic mass is 10.1. The normalized spacial score (nSPS) is 13.1. The fourth-order valence-electron chi connectivity index (χ4n) is 2.83. The Balaban J connectivity index is 1.28. The number of nitrogens with one attached hydrogen (secondary N) is 1. The van der Waals surface area contributed by atoms with Gasteiger partial charge in [-0.2, -0.15) is 0 Å². The van der Waals surface area contributed by atoms with Gasteiger partial charge in [-0.15, -0.1) is 11.3 Å². The van der Waals surface area contributed by atoms with Crippen LogP contribution in [0.4, 0.5) is 5.69 Å². The number of ether oxygens (including phenoxy) is 1. The molecule has 1 amide bonds. The number of benzene rings is 2. The predicted molar refractivity (Wildman–Crippen MR) is 109 cm³/mol. The van der Waals surface area contributed by atoms with Crippen molar-refractivity contribution in [1.82, 2.24) is 4.98 Å². The highest BCUT2D eigenvalue weighted by Gasteiger charge is 2.30. The second-order valence-electron chi connectivity index (χ2n) is 6.78. The molecule has 0 unspecified atom stereocenters. The number of Topliss-reactive ketones (excluding diaryl/α,β-unsaturated/α-hetero) is 1. The Morgan fingerprint density at radius 2 is 1.82 bits per heavy atom. The zero-order valence-corrected chi connectivity index (χ0v) is 16.1. The van der Waals surface area contributed by atoms with Crippen molar-refractivity contribution in [3.8, 4) is 5.75 Å². The summed E-state index contributed by atoms with van der Waals surface area (Å²) in [5, 5.41) is 5.56. The Morgan fingerprint density at radius 3 is 2.54 bits per heavy atom. The van der Waals surface area contributed by atoms with Gasteiger partial charge in [0.2, 0.25) is 5.91 Å². The van der Waals surface area contributed by atoms with Gasteiger partial charge < -0.3 is 10.1 Å². The molecule has 0 saturated heterocycles. The van der Waals surface area contributed by atoms with Gasteiger partial charge in [0, 0.05) is 22.5 Å². The number of para-hydroxylation sites is 1. The zero-order chi connectivity index (χ0) is 19.3. The molecule has 0 bridgehead atoms. The molecule has 1 N–H and O–H groups in total. The maximum Gasteiger partial charge on any atom is 0.230 e. The van der Waals surface area contributed by atoms with E-state index in [9.17, 15) is 9.59 Å². The van der Waals surface area contributed by atoms with Gasteiger partial charge in [0.05, 0.1) is 12.1 Å². The minimum atomic E-state index is -0.137. The molecule has 1 fully saturated rings. The second kappa shape index (κ2) is 8.35. The molecular formula is C22H20N2O3S. The summed E-state index contributed by atoms with van der Waals surface area (Å²) in [5.74, 6) is 1.05. The molecule has 1 aromatic heterocycles. The van der Waals surface area contributed by atoms with Crippen molar-refractivity contribution in [1.29, 1.82) is 0 Å². The third-order valence-electron chi connectivity index (χ3n) is 4.45. The highest BCUT2D eigenvalue weighted by atomic mass is 32.1. The lowest BCUT2D eigenvalue weighted by Crippen LogP contribution is -2.14. The molecule has 0 radical (unpaired) electrons. The minimum Gasteiger partial charge on any atom is -0.486 e. The number of carbonyl (C=O) groups excluding carboxylic acids is 2. The maximum atomic E-state index is 12.3. The van der Waals surface area contributed by atoms with Gasteiger partial charge in [0.15, 0.2) is 5.78 Å². The van der Waals surface area contributed by atoms with E-state index in [2.05, 4.69) is 10.3 Å². The number of thiazole rings is 1. The SMILES string of the molecule is O=C(Cc1csc(COc2ccccc2)n1)Nc1ccc(C(=O)C2CC2)cc1. The molecule has 2 aromatic carbocycles. The van der Waals surface area contributed by atoms with Crippen LogP contribution < -0.4 is 10.1 Å². The van der Waals surface area contributed by atoms with Crippen molar-refractivity contribution in [3.63, 3.8) is 0 Å². The monoisotopic (exact) mass is 392 g/mol. The van der Waals surface area contributed by atoms with E-state index in [1.807, 2.05) is 35.7 Å². The number of anilines is 1. The minimum absolute atomic E-state index is 0.137. The number of aromatic nitrogens is 1. The molecule has 0 atom stereocenters. The average molecular weight is 392 g/mol. The third-order valence-corrected chi connectivity index (χ3v) is 5.32. The Morgan fingerprint density at radius 1 is 1.07 bits per heavy atom. The highest BCUT2D eigenvalue weighted by molar-refractivity contribution is 7.09. The molecule has 142 valence electrons. The number of carbonyl (C=O) groups is 2. The van der Waals surface area contributed by atoms with Gasteiger partial charge >= 0.3 is 0 Å². The fourth-order valence-corrected chi connectivity index (χ4v) is 3.53. The van der Waals surface area contributed by atoms with Crippen LogP contribution in [0.15, 0.2) is 60.0 Å². The van der Waals surface area contributed by atoms with Crippen molar-refractivity contribution in [3.05, 3.63) is 76.2 Å². The molecule has 28 heavy (non-hydrogen) atoms. The Kier molecular flexibility index (Phi) is 5.48. The van der Waals surface area contributed by atoms with Crippen LogP contribution in [0.2, 0.25) is 0 Å². The van der Waals surface area contributed by atoms with Crippen molar-refractivity contribution in [2.75, 3.05) is 5.32 Å². The summed E-state index contributed by atoms with van der Waals surface area (Å²) in [6.07, 6.45) is 2.18. The van der Waals surface area contributed by atoms with E-state index >= 15 is 0 Å². The summed E-state index contributed by atoms with van der Waals surface area (Å²) in [4.78, 5) is 28.7. The first kappa shape index (κ1) is 18.4. The van der Waals surface area contributed by atoms with Crippen LogP contribution >= 0.6 is 11.3 Å². The first-order chi connectivity index (χ1) is 13.7. The van der Waals surface area contributed by atoms with Crippen LogP contribution in [0.5, 0.6) is 5.75 Å². The van der Waals surface area contributed by atoms with Gasteiger partial charge in [-0.05, 0) is 49.2 Å². The van der Waals surface area contributed by atoms with Crippen molar-refractivity contribution in [2.45, 2.75) is 25.9 Å². The Hall–Kier alpha value is -2.99. The zero-order valence-electron chi connectivity index (χ0n) is 15.3. The van der Waals surface area contributed by atoms with Gasteiger partial charge in [-0.3, -0.25) is 9.59 Å². The first-order valence-electron chi connectivity index (χ1n) is 9.22. The molecule has 4 rings (SSSR count). The molecule has 3 aromatic rings. The number of nitrogens with zero attached hydrogens (tertiary/aromatic N) is 1. The topological polar surface area (TPSA) is 68.3 Å².